The highest BCUT2D eigenvalue weighted by Crippen LogP contribution is 2.25. The molecule has 0 aliphatic rings. The van der Waals surface area contributed by atoms with E-state index in [-0.39, 0.29) is 0 Å². The normalized spacial score (nSPS) is 11.3. The Labute approximate surface area is 178 Å². The minimum absolute atomic E-state index is 0.460. The first-order valence-electron chi connectivity index (χ1n) is 9.25. The molecule has 0 saturated heterocycles. The van der Waals surface area contributed by atoms with Crippen molar-refractivity contribution >= 4 is 27.6 Å². The summed E-state index contributed by atoms with van der Waals surface area (Å²) in [4.78, 5) is 9.34. The molecule has 0 spiro atoms. The molecule has 1 aromatic heterocycles. The van der Waals surface area contributed by atoms with E-state index in [4.69, 9.17) is 0 Å². The van der Waals surface area contributed by atoms with E-state index in [0.29, 0.717) is 5.95 Å². The van der Waals surface area contributed by atoms with Crippen LogP contribution in [0.15, 0.2) is 101 Å². The van der Waals surface area contributed by atoms with E-state index >= 15 is 0 Å². The summed E-state index contributed by atoms with van der Waals surface area (Å²) >= 11 is 3.46. The third-order valence-electron chi connectivity index (χ3n) is 4.45. The Morgan fingerprint density at radius 3 is 1.79 bits per heavy atom. The number of halogens is 1. The van der Waals surface area contributed by atoms with Gasteiger partial charge in [-0.25, -0.2) is 15.4 Å². The Kier molecular flexibility index (Phi) is 5.77. The second kappa shape index (κ2) is 8.80. The van der Waals surface area contributed by atoms with E-state index < -0.39 is 0 Å². The Morgan fingerprint density at radius 1 is 0.759 bits per heavy atom. The van der Waals surface area contributed by atoms with Crippen molar-refractivity contribution < 1.29 is 0 Å². The molecule has 4 aromatic rings. The highest BCUT2D eigenvalue weighted by atomic mass is 79.9. The van der Waals surface area contributed by atoms with Gasteiger partial charge in [-0.1, -0.05) is 88.7 Å². The fraction of sp³-hybridized carbons (Fsp3) is 0.0417. The number of hydrazone groups is 1. The molecule has 0 atom stereocenters. The molecule has 1 heterocycles. The molecule has 1 N–H and O–H groups in total. The number of nitrogens with zero attached hydrogens (tertiary/aromatic N) is 3. The maximum atomic E-state index is 4.67. The van der Waals surface area contributed by atoms with Gasteiger partial charge in [0.25, 0.3) is 0 Å². The van der Waals surface area contributed by atoms with Gasteiger partial charge in [-0.2, -0.15) is 5.10 Å². The molecule has 0 saturated carbocycles. The lowest BCUT2D eigenvalue weighted by Gasteiger charge is -2.09. The van der Waals surface area contributed by atoms with Crippen LogP contribution >= 0.6 is 15.9 Å². The van der Waals surface area contributed by atoms with E-state index in [1.54, 1.807) is 0 Å². The molecule has 0 radical (unpaired) electrons. The minimum atomic E-state index is 0.460. The van der Waals surface area contributed by atoms with Crippen molar-refractivity contribution in [1.29, 1.82) is 0 Å². The third-order valence-corrected chi connectivity index (χ3v) is 4.98. The van der Waals surface area contributed by atoms with Gasteiger partial charge in [0.15, 0.2) is 0 Å². The predicted molar refractivity (Wildman–Crippen MR) is 123 cm³/mol. The highest BCUT2D eigenvalue weighted by Gasteiger charge is 2.08. The second-order valence-electron chi connectivity index (χ2n) is 6.51. The zero-order chi connectivity index (χ0) is 20.1. The van der Waals surface area contributed by atoms with Gasteiger partial charge in [-0.15, -0.1) is 0 Å². The average Bonchev–Trinajstić information content (AvgIpc) is 2.79. The van der Waals surface area contributed by atoms with Gasteiger partial charge in [0.2, 0.25) is 5.95 Å². The molecule has 0 unspecified atom stereocenters. The minimum Gasteiger partial charge on any atom is -0.245 e. The molecule has 4 nitrogen and oxygen atoms in total. The lowest BCUT2D eigenvalue weighted by molar-refractivity contribution is 1.12. The maximum Gasteiger partial charge on any atom is 0.244 e. The van der Waals surface area contributed by atoms with E-state index in [2.05, 4.69) is 36.4 Å². The Balaban J connectivity index is 1.70. The lowest BCUT2D eigenvalue weighted by atomic mass is 10.1. The van der Waals surface area contributed by atoms with Gasteiger partial charge >= 0.3 is 0 Å². The second-order valence-corrected chi connectivity index (χ2v) is 7.43. The molecule has 0 fully saturated rings. The molecule has 4 rings (SSSR count). The number of hydrogen-bond acceptors (Lipinski definition) is 4. The van der Waals surface area contributed by atoms with Crippen molar-refractivity contribution in [2.24, 2.45) is 5.10 Å². The molecule has 5 heteroatoms. The summed E-state index contributed by atoms with van der Waals surface area (Å²) in [5.41, 5.74) is 8.67. The van der Waals surface area contributed by atoms with Crippen molar-refractivity contribution in [3.05, 3.63) is 101 Å². The third kappa shape index (κ3) is 4.76. The smallest absolute Gasteiger partial charge is 0.244 e. The molecule has 29 heavy (non-hydrogen) atoms. The van der Waals surface area contributed by atoms with Crippen molar-refractivity contribution in [1.82, 2.24) is 9.97 Å². The number of hydrogen-bond donors (Lipinski definition) is 1. The SMILES string of the molecule is C/C(=N/Nc1nc(-c2ccccc2)cc(-c2ccccc2)n1)c1ccc(Br)cc1. The van der Waals surface area contributed by atoms with Crippen LogP contribution in [0.5, 0.6) is 0 Å². The van der Waals surface area contributed by atoms with Gasteiger partial charge in [0.05, 0.1) is 17.1 Å². The van der Waals surface area contributed by atoms with Crippen LogP contribution in [0, 0.1) is 0 Å². The van der Waals surface area contributed by atoms with Crippen LogP contribution in [0.3, 0.4) is 0 Å². The molecule has 3 aromatic carbocycles. The van der Waals surface area contributed by atoms with E-state index in [0.717, 1.165) is 38.3 Å². The molecular weight excluding hydrogens is 424 g/mol. The summed E-state index contributed by atoms with van der Waals surface area (Å²) in [6.45, 7) is 1.95. The number of nitrogens with one attached hydrogen (secondary N) is 1. The van der Waals surface area contributed by atoms with Gasteiger partial charge in [-0.3, -0.25) is 0 Å². The summed E-state index contributed by atoms with van der Waals surface area (Å²) in [5, 5.41) is 4.49. The standard InChI is InChI=1S/C24H19BrN4/c1-17(18-12-14-21(25)15-13-18)28-29-24-26-22(19-8-4-2-5-9-19)16-23(27-24)20-10-6-3-7-11-20/h2-16H,1H3,(H,26,27,29)/b28-17-. The first-order valence-corrected chi connectivity index (χ1v) is 10.0. The fourth-order valence-electron chi connectivity index (χ4n) is 2.90. The largest absolute Gasteiger partial charge is 0.245 e. The van der Waals surface area contributed by atoms with Crippen LogP contribution < -0.4 is 5.43 Å². The number of aromatic nitrogens is 2. The van der Waals surface area contributed by atoms with Gasteiger partial charge in [0, 0.05) is 15.6 Å². The van der Waals surface area contributed by atoms with Crippen molar-refractivity contribution in [2.45, 2.75) is 6.92 Å². The van der Waals surface area contributed by atoms with Crippen molar-refractivity contribution in [3.8, 4) is 22.5 Å². The highest BCUT2D eigenvalue weighted by molar-refractivity contribution is 9.10. The fourth-order valence-corrected chi connectivity index (χ4v) is 3.16. The quantitative estimate of drug-likeness (QED) is 0.287. The van der Waals surface area contributed by atoms with Crippen LogP contribution in [0.4, 0.5) is 5.95 Å². The zero-order valence-electron chi connectivity index (χ0n) is 15.9. The molecular formula is C24H19BrN4. The Morgan fingerprint density at radius 2 is 1.28 bits per heavy atom. The molecule has 0 aliphatic heterocycles. The monoisotopic (exact) mass is 442 g/mol. The first-order chi connectivity index (χ1) is 14.2. The molecule has 0 amide bonds. The van der Waals surface area contributed by atoms with E-state index in [9.17, 15) is 0 Å². The van der Waals surface area contributed by atoms with Crippen LogP contribution in [0.25, 0.3) is 22.5 Å². The Hall–Kier alpha value is -3.31. The van der Waals surface area contributed by atoms with Crippen molar-refractivity contribution in [3.63, 3.8) is 0 Å². The van der Waals surface area contributed by atoms with Crippen LogP contribution in [0.2, 0.25) is 0 Å². The lowest BCUT2D eigenvalue weighted by Crippen LogP contribution is -2.04. The molecule has 0 aliphatic carbocycles. The number of rotatable bonds is 5. The summed E-state index contributed by atoms with van der Waals surface area (Å²) in [5.74, 6) is 0.460. The zero-order valence-corrected chi connectivity index (χ0v) is 17.5. The predicted octanol–water partition coefficient (Wildman–Crippen LogP) is 6.41. The molecule has 0 bridgehead atoms. The summed E-state index contributed by atoms with van der Waals surface area (Å²) in [6, 6.07) is 30.2. The van der Waals surface area contributed by atoms with E-state index in [1.165, 1.54) is 0 Å². The van der Waals surface area contributed by atoms with Gasteiger partial charge < -0.3 is 0 Å². The van der Waals surface area contributed by atoms with Crippen LogP contribution in [-0.4, -0.2) is 15.7 Å². The Bertz CT molecular complexity index is 1070. The van der Waals surface area contributed by atoms with E-state index in [1.807, 2.05) is 97.9 Å². The van der Waals surface area contributed by atoms with Crippen LogP contribution in [-0.2, 0) is 0 Å². The topological polar surface area (TPSA) is 50.2 Å². The number of benzene rings is 3. The number of anilines is 1. The first kappa shape index (κ1) is 19.0. The average molecular weight is 443 g/mol. The summed E-state index contributed by atoms with van der Waals surface area (Å²) in [7, 11) is 0. The van der Waals surface area contributed by atoms with Gasteiger partial charge in [0.1, 0.15) is 0 Å². The van der Waals surface area contributed by atoms with Gasteiger partial charge in [-0.05, 0) is 30.7 Å². The van der Waals surface area contributed by atoms with Crippen LogP contribution in [0.1, 0.15) is 12.5 Å². The summed E-state index contributed by atoms with van der Waals surface area (Å²) in [6.07, 6.45) is 0. The summed E-state index contributed by atoms with van der Waals surface area (Å²) < 4.78 is 1.04. The maximum absolute atomic E-state index is 4.67. The van der Waals surface area contributed by atoms with Crippen molar-refractivity contribution in [2.75, 3.05) is 5.43 Å². The molecule has 142 valence electrons.